The van der Waals surface area contributed by atoms with Crippen molar-refractivity contribution in [2.45, 2.75) is 56.3 Å². The first-order chi connectivity index (χ1) is 8.53. The van der Waals surface area contributed by atoms with E-state index in [1.54, 1.807) is 4.57 Å². The van der Waals surface area contributed by atoms with Crippen LogP contribution >= 0.6 is 0 Å². The fourth-order valence-electron chi connectivity index (χ4n) is 2.22. The highest BCUT2D eigenvalue weighted by atomic mass is 32.2. The molecular weight excluding hydrogens is 252 g/mol. The third-order valence-electron chi connectivity index (χ3n) is 3.38. The van der Waals surface area contributed by atoms with Gasteiger partial charge in [0, 0.05) is 24.8 Å². The average molecular weight is 272 g/mol. The molecule has 2 unspecified atom stereocenters. The van der Waals surface area contributed by atoms with Crippen molar-refractivity contribution in [1.82, 2.24) is 14.3 Å². The van der Waals surface area contributed by atoms with E-state index in [1.807, 2.05) is 6.92 Å². The maximum atomic E-state index is 12.1. The van der Waals surface area contributed by atoms with Gasteiger partial charge < -0.3 is 10.3 Å². The first-order valence-corrected chi connectivity index (χ1v) is 7.81. The number of aromatic nitrogens is 2. The summed E-state index contributed by atoms with van der Waals surface area (Å²) in [6.07, 6.45) is 6.83. The van der Waals surface area contributed by atoms with Crippen LogP contribution in [0.5, 0.6) is 0 Å². The van der Waals surface area contributed by atoms with Crippen molar-refractivity contribution in [3.05, 3.63) is 12.5 Å². The van der Waals surface area contributed by atoms with Gasteiger partial charge in [0.2, 0.25) is 0 Å². The summed E-state index contributed by atoms with van der Waals surface area (Å²) in [5, 5.41) is 0.0714. The molecule has 102 valence electrons. The van der Waals surface area contributed by atoms with Gasteiger partial charge in [0.1, 0.15) is 0 Å². The van der Waals surface area contributed by atoms with Crippen LogP contribution in [0.25, 0.3) is 0 Å². The SMILES string of the molecule is CCn1cnc(S(=O)(=O)NC2CCCCC2N)c1. The molecule has 1 saturated carbocycles. The van der Waals surface area contributed by atoms with Crippen LogP contribution in [0.4, 0.5) is 0 Å². The predicted molar refractivity (Wildman–Crippen MR) is 68.5 cm³/mol. The molecule has 1 aliphatic rings. The zero-order valence-electron chi connectivity index (χ0n) is 10.5. The first kappa shape index (κ1) is 13.5. The quantitative estimate of drug-likeness (QED) is 0.832. The van der Waals surface area contributed by atoms with Crippen LogP contribution in [0.3, 0.4) is 0 Å². The van der Waals surface area contributed by atoms with E-state index in [-0.39, 0.29) is 17.1 Å². The van der Waals surface area contributed by atoms with E-state index >= 15 is 0 Å². The fraction of sp³-hybridized carbons (Fsp3) is 0.727. The Hall–Kier alpha value is -0.920. The minimum atomic E-state index is -3.54. The summed E-state index contributed by atoms with van der Waals surface area (Å²) < 4.78 is 28.7. The molecule has 0 saturated heterocycles. The van der Waals surface area contributed by atoms with Crippen molar-refractivity contribution in [3.8, 4) is 0 Å². The number of hydrogen-bond donors (Lipinski definition) is 2. The molecule has 2 rings (SSSR count). The molecule has 1 heterocycles. The largest absolute Gasteiger partial charge is 0.336 e. The minimum absolute atomic E-state index is 0.0714. The molecule has 1 aromatic rings. The Kier molecular flexibility index (Phi) is 4.04. The summed E-state index contributed by atoms with van der Waals surface area (Å²) in [7, 11) is -3.54. The number of aryl methyl sites for hydroxylation is 1. The van der Waals surface area contributed by atoms with Gasteiger partial charge in [-0.15, -0.1) is 0 Å². The number of sulfonamides is 1. The standard InChI is InChI=1S/C11H20N4O2S/c1-2-15-7-11(13-8-15)18(16,17)14-10-6-4-3-5-9(10)12/h7-10,14H,2-6,12H2,1H3. The number of nitrogens with two attached hydrogens (primary N) is 1. The van der Waals surface area contributed by atoms with Crippen molar-refractivity contribution in [3.63, 3.8) is 0 Å². The number of rotatable bonds is 4. The van der Waals surface area contributed by atoms with Crippen molar-refractivity contribution in [1.29, 1.82) is 0 Å². The van der Waals surface area contributed by atoms with Crippen molar-refractivity contribution >= 4 is 10.0 Å². The molecule has 0 aliphatic heterocycles. The number of nitrogens with one attached hydrogen (secondary N) is 1. The summed E-state index contributed by atoms with van der Waals surface area (Å²) in [5.41, 5.74) is 5.94. The molecular formula is C11H20N4O2S. The van der Waals surface area contributed by atoms with Gasteiger partial charge >= 0.3 is 0 Å². The highest BCUT2D eigenvalue weighted by Gasteiger charge is 2.28. The molecule has 0 bridgehead atoms. The first-order valence-electron chi connectivity index (χ1n) is 6.32. The van der Waals surface area contributed by atoms with E-state index in [2.05, 4.69) is 9.71 Å². The smallest absolute Gasteiger partial charge is 0.259 e. The fourth-order valence-corrected chi connectivity index (χ4v) is 3.49. The maximum absolute atomic E-state index is 12.1. The van der Waals surface area contributed by atoms with Gasteiger partial charge in [-0.1, -0.05) is 12.8 Å². The summed E-state index contributed by atoms with van der Waals surface area (Å²) in [4.78, 5) is 3.92. The highest BCUT2D eigenvalue weighted by Crippen LogP contribution is 2.18. The van der Waals surface area contributed by atoms with Gasteiger partial charge in [-0.2, -0.15) is 0 Å². The van der Waals surface area contributed by atoms with Gasteiger partial charge in [0.05, 0.1) is 6.33 Å². The van der Waals surface area contributed by atoms with Crippen LogP contribution in [0.1, 0.15) is 32.6 Å². The van der Waals surface area contributed by atoms with E-state index in [0.29, 0.717) is 6.54 Å². The molecule has 18 heavy (non-hydrogen) atoms. The zero-order valence-corrected chi connectivity index (χ0v) is 11.4. The minimum Gasteiger partial charge on any atom is -0.336 e. The average Bonchev–Trinajstić information content (AvgIpc) is 2.81. The van der Waals surface area contributed by atoms with Crippen molar-refractivity contribution in [2.24, 2.45) is 5.73 Å². The molecule has 0 spiro atoms. The maximum Gasteiger partial charge on any atom is 0.259 e. The second-order valence-corrected chi connectivity index (χ2v) is 6.38. The molecule has 0 radical (unpaired) electrons. The molecule has 3 N–H and O–H groups in total. The lowest BCUT2D eigenvalue weighted by Crippen LogP contribution is -2.49. The third kappa shape index (κ3) is 2.90. The zero-order chi connectivity index (χ0) is 13.2. The molecule has 6 nitrogen and oxygen atoms in total. The molecule has 1 aliphatic carbocycles. The van der Waals surface area contributed by atoms with Gasteiger partial charge in [0.25, 0.3) is 10.0 Å². The molecule has 2 atom stereocenters. The Bertz CT molecular complexity index is 497. The Morgan fingerprint density at radius 1 is 1.50 bits per heavy atom. The van der Waals surface area contributed by atoms with E-state index in [0.717, 1.165) is 25.7 Å². The van der Waals surface area contributed by atoms with Crippen molar-refractivity contribution < 1.29 is 8.42 Å². The molecule has 1 aromatic heterocycles. The van der Waals surface area contributed by atoms with E-state index in [4.69, 9.17) is 5.73 Å². The van der Waals surface area contributed by atoms with E-state index < -0.39 is 10.0 Å². The number of nitrogens with zero attached hydrogens (tertiary/aromatic N) is 2. The van der Waals surface area contributed by atoms with Gasteiger partial charge in [0.15, 0.2) is 5.03 Å². The topological polar surface area (TPSA) is 90.0 Å². The second-order valence-electron chi connectivity index (χ2n) is 4.72. The van der Waals surface area contributed by atoms with Crippen molar-refractivity contribution in [2.75, 3.05) is 0 Å². The Labute approximate surface area is 108 Å². The Morgan fingerprint density at radius 2 is 2.22 bits per heavy atom. The summed E-state index contributed by atoms with van der Waals surface area (Å²) >= 11 is 0. The van der Waals surface area contributed by atoms with Gasteiger partial charge in [-0.3, -0.25) is 0 Å². The normalized spacial score (nSPS) is 25.2. The molecule has 1 fully saturated rings. The van der Waals surface area contributed by atoms with Crippen LogP contribution in [0.15, 0.2) is 17.6 Å². The lowest BCUT2D eigenvalue weighted by atomic mass is 9.92. The lowest BCUT2D eigenvalue weighted by molar-refractivity contribution is 0.361. The summed E-state index contributed by atoms with van der Waals surface area (Å²) in [5.74, 6) is 0. The lowest BCUT2D eigenvalue weighted by Gasteiger charge is -2.28. The van der Waals surface area contributed by atoms with Crippen LogP contribution in [0.2, 0.25) is 0 Å². The number of hydrogen-bond acceptors (Lipinski definition) is 4. The van der Waals surface area contributed by atoms with Crippen LogP contribution in [0, 0.1) is 0 Å². The molecule has 0 amide bonds. The Balaban J connectivity index is 2.11. The number of imidazole rings is 1. The second kappa shape index (κ2) is 5.38. The summed E-state index contributed by atoms with van der Waals surface area (Å²) in [6.45, 7) is 2.63. The third-order valence-corrected chi connectivity index (χ3v) is 4.75. The molecule has 0 aromatic carbocycles. The van der Waals surface area contributed by atoms with E-state index in [9.17, 15) is 8.42 Å². The Morgan fingerprint density at radius 3 is 2.83 bits per heavy atom. The van der Waals surface area contributed by atoms with Crippen LogP contribution in [-0.2, 0) is 16.6 Å². The predicted octanol–water partition coefficient (Wildman–Crippen LogP) is 0.451. The highest BCUT2D eigenvalue weighted by molar-refractivity contribution is 7.89. The summed E-state index contributed by atoms with van der Waals surface area (Å²) in [6, 6.07) is -0.266. The van der Waals surface area contributed by atoms with Crippen LogP contribution in [-0.4, -0.2) is 30.1 Å². The van der Waals surface area contributed by atoms with Gasteiger partial charge in [-0.25, -0.2) is 18.1 Å². The molecule has 7 heteroatoms. The monoisotopic (exact) mass is 272 g/mol. The van der Waals surface area contributed by atoms with Crippen LogP contribution < -0.4 is 10.5 Å². The van der Waals surface area contributed by atoms with E-state index in [1.165, 1.54) is 12.5 Å². The van der Waals surface area contributed by atoms with Gasteiger partial charge in [-0.05, 0) is 19.8 Å².